The van der Waals surface area contributed by atoms with E-state index in [0.29, 0.717) is 13.0 Å². The van der Waals surface area contributed by atoms with E-state index in [1.165, 1.54) is 5.56 Å². The first-order valence-corrected chi connectivity index (χ1v) is 8.35. The van der Waals surface area contributed by atoms with E-state index in [0.717, 1.165) is 29.9 Å². The van der Waals surface area contributed by atoms with Crippen LogP contribution in [-0.2, 0) is 9.53 Å². The second-order valence-electron chi connectivity index (χ2n) is 6.33. The van der Waals surface area contributed by atoms with Gasteiger partial charge in [0.15, 0.2) is 0 Å². The lowest BCUT2D eigenvalue weighted by Gasteiger charge is -2.22. The van der Waals surface area contributed by atoms with Crippen molar-refractivity contribution >= 4 is 11.6 Å². The van der Waals surface area contributed by atoms with Crippen LogP contribution in [0.4, 0.5) is 0 Å². The van der Waals surface area contributed by atoms with Gasteiger partial charge in [0, 0.05) is 13.0 Å². The molecule has 1 saturated heterocycles. The highest BCUT2D eigenvalue weighted by molar-refractivity contribution is 6.03. The van der Waals surface area contributed by atoms with E-state index < -0.39 is 0 Å². The molecule has 0 saturated carbocycles. The first-order chi connectivity index (χ1) is 11.7. The molecule has 0 N–H and O–H groups in total. The lowest BCUT2D eigenvalue weighted by molar-refractivity contribution is -0.143. The highest BCUT2D eigenvalue weighted by atomic mass is 16.5. The topological polar surface area (TPSA) is 55.0 Å². The summed E-state index contributed by atoms with van der Waals surface area (Å²) in [6.07, 6.45) is 3.58. The highest BCUT2D eigenvalue weighted by Crippen LogP contribution is 2.34. The van der Waals surface area contributed by atoms with E-state index in [9.17, 15) is 4.79 Å². The van der Waals surface area contributed by atoms with Crippen molar-refractivity contribution in [1.82, 2.24) is 5.01 Å². The molecule has 1 aromatic heterocycles. The van der Waals surface area contributed by atoms with Gasteiger partial charge in [-0.1, -0.05) is 29.8 Å². The van der Waals surface area contributed by atoms with Crippen LogP contribution < -0.4 is 0 Å². The van der Waals surface area contributed by atoms with E-state index in [1.54, 1.807) is 11.3 Å². The molecule has 0 radical (unpaired) electrons. The first kappa shape index (κ1) is 15.1. The van der Waals surface area contributed by atoms with Crippen LogP contribution in [0.2, 0.25) is 0 Å². The van der Waals surface area contributed by atoms with Gasteiger partial charge in [-0.3, -0.25) is 4.79 Å². The zero-order valence-electron chi connectivity index (χ0n) is 13.6. The monoisotopic (exact) mass is 324 g/mol. The fourth-order valence-electron chi connectivity index (χ4n) is 3.26. The van der Waals surface area contributed by atoms with Crippen molar-refractivity contribution in [3.05, 3.63) is 59.5 Å². The predicted octanol–water partition coefficient (Wildman–Crippen LogP) is 3.44. The Morgan fingerprint density at radius 1 is 1.25 bits per heavy atom. The van der Waals surface area contributed by atoms with E-state index in [4.69, 9.17) is 9.15 Å². The Kier molecular flexibility index (Phi) is 3.94. The fraction of sp³-hybridized carbons (Fsp3) is 0.368. The quantitative estimate of drug-likeness (QED) is 0.869. The Labute approximate surface area is 140 Å². The normalized spacial score (nSPS) is 23.5. The molecule has 2 aromatic rings. The van der Waals surface area contributed by atoms with Gasteiger partial charge in [-0.15, -0.1) is 0 Å². The summed E-state index contributed by atoms with van der Waals surface area (Å²) in [6.45, 7) is 2.70. The summed E-state index contributed by atoms with van der Waals surface area (Å²) < 4.78 is 11.1. The minimum Gasteiger partial charge on any atom is -0.467 e. The van der Waals surface area contributed by atoms with Crippen molar-refractivity contribution in [2.75, 3.05) is 6.61 Å². The lowest BCUT2D eigenvalue weighted by atomic mass is 10.0. The van der Waals surface area contributed by atoms with Gasteiger partial charge in [0.25, 0.3) is 5.91 Å². The molecule has 1 fully saturated rings. The van der Waals surface area contributed by atoms with Crippen molar-refractivity contribution < 1.29 is 13.9 Å². The standard InChI is InChI=1S/C19H20N2O3/c1-13-6-8-14(9-7-13)15-12-16(17-4-2-10-23-17)21(20-15)19(22)18-5-3-11-24-18/h2,4,6-10,16,18H,3,5,11-12H2,1H3/t16-,18-/m1/s1. The number of nitrogens with zero attached hydrogens (tertiary/aromatic N) is 2. The summed E-state index contributed by atoms with van der Waals surface area (Å²) in [5, 5.41) is 6.19. The first-order valence-electron chi connectivity index (χ1n) is 8.35. The number of amides is 1. The third-order valence-corrected chi connectivity index (χ3v) is 4.60. The average molecular weight is 324 g/mol. The molecule has 4 rings (SSSR count). The molecule has 5 nitrogen and oxygen atoms in total. The molecule has 0 bridgehead atoms. The van der Waals surface area contributed by atoms with E-state index in [1.807, 2.05) is 24.3 Å². The van der Waals surface area contributed by atoms with Crippen LogP contribution in [0.5, 0.6) is 0 Å². The SMILES string of the molecule is Cc1ccc(C2=NN(C(=O)[C@H]3CCCO3)[C@@H](c3ccco3)C2)cc1. The van der Waals surface area contributed by atoms with Gasteiger partial charge in [0.1, 0.15) is 17.9 Å². The van der Waals surface area contributed by atoms with Gasteiger partial charge in [0.2, 0.25) is 0 Å². The van der Waals surface area contributed by atoms with Gasteiger partial charge in [-0.25, -0.2) is 5.01 Å². The van der Waals surface area contributed by atoms with Gasteiger partial charge in [-0.05, 0) is 37.5 Å². The summed E-state index contributed by atoms with van der Waals surface area (Å²) in [4.78, 5) is 12.8. The zero-order chi connectivity index (χ0) is 16.5. The molecule has 0 aliphatic carbocycles. The van der Waals surface area contributed by atoms with Gasteiger partial charge >= 0.3 is 0 Å². The van der Waals surface area contributed by atoms with E-state index in [2.05, 4.69) is 24.2 Å². The molecule has 2 aliphatic heterocycles. The predicted molar refractivity (Wildman–Crippen MR) is 89.6 cm³/mol. The average Bonchev–Trinajstić information content (AvgIpc) is 3.34. The maximum absolute atomic E-state index is 12.8. The number of ether oxygens (including phenoxy) is 1. The van der Waals surface area contributed by atoms with Gasteiger partial charge < -0.3 is 9.15 Å². The minimum atomic E-state index is -0.386. The van der Waals surface area contributed by atoms with Crippen molar-refractivity contribution in [1.29, 1.82) is 0 Å². The number of hydrogen-bond donors (Lipinski definition) is 0. The smallest absolute Gasteiger partial charge is 0.272 e. The van der Waals surface area contributed by atoms with E-state index >= 15 is 0 Å². The third kappa shape index (κ3) is 2.76. The zero-order valence-corrected chi connectivity index (χ0v) is 13.6. The van der Waals surface area contributed by atoms with Crippen LogP contribution in [0.25, 0.3) is 0 Å². The maximum atomic E-state index is 12.8. The van der Waals surface area contributed by atoms with Crippen LogP contribution in [-0.4, -0.2) is 29.3 Å². The number of aryl methyl sites for hydroxylation is 1. The van der Waals surface area contributed by atoms with Crippen molar-refractivity contribution in [3.63, 3.8) is 0 Å². The van der Waals surface area contributed by atoms with Crippen LogP contribution >= 0.6 is 0 Å². The third-order valence-electron chi connectivity index (χ3n) is 4.60. The van der Waals surface area contributed by atoms with Crippen molar-refractivity contribution in [2.24, 2.45) is 5.10 Å². The molecule has 3 heterocycles. The molecule has 0 unspecified atom stereocenters. The molecule has 2 atom stereocenters. The number of carbonyl (C=O) groups excluding carboxylic acids is 1. The van der Waals surface area contributed by atoms with Crippen LogP contribution in [0, 0.1) is 6.92 Å². The lowest BCUT2D eigenvalue weighted by Crippen LogP contribution is -2.35. The van der Waals surface area contributed by atoms with Crippen LogP contribution in [0.1, 0.15) is 42.2 Å². The Bertz CT molecular complexity index is 743. The molecule has 124 valence electrons. The second-order valence-corrected chi connectivity index (χ2v) is 6.33. The maximum Gasteiger partial charge on any atom is 0.272 e. The number of benzene rings is 1. The van der Waals surface area contributed by atoms with Gasteiger partial charge in [0.05, 0.1) is 12.0 Å². The second kappa shape index (κ2) is 6.24. The molecular formula is C19H20N2O3. The summed E-state index contributed by atoms with van der Waals surface area (Å²) in [7, 11) is 0. The Hall–Kier alpha value is -2.40. The summed E-state index contributed by atoms with van der Waals surface area (Å²) >= 11 is 0. The largest absolute Gasteiger partial charge is 0.467 e. The number of rotatable bonds is 3. The number of hydrogen-bond acceptors (Lipinski definition) is 4. The number of hydrazone groups is 1. The molecule has 5 heteroatoms. The van der Waals surface area contributed by atoms with Crippen LogP contribution in [0.3, 0.4) is 0 Å². The molecule has 0 spiro atoms. The van der Waals surface area contributed by atoms with Crippen molar-refractivity contribution in [3.8, 4) is 0 Å². The fourth-order valence-corrected chi connectivity index (χ4v) is 3.26. The molecule has 1 aromatic carbocycles. The highest BCUT2D eigenvalue weighted by Gasteiger charge is 2.39. The van der Waals surface area contributed by atoms with E-state index in [-0.39, 0.29) is 18.1 Å². The minimum absolute atomic E-state index is 0.0731. The van der Waals surface area contributed by atoms with Crippen molar-refractivity contribution in [2.45, 2.75) is 38.3 Å². The molecular weight excluding hydrogens is 304 g/mol. The molecule has 2 aliphatic rings. The van der Waals surface area contributed by atoms with Gasteiger partial charge in [-0.2, -0.15) is 5.10 Å². The summed E-state index contributed by atoms with van der Waals surface area (Å²) in [6, 6.07) is 11.8. The number of carbonyl (C=O) groups is 1. The Morgan fingerprint density at radius 2 is 2.08 bits per heavy atom. The molecule has 1 amide bonds. The Balaban J connectivity index is 1.65. The summed E-state index contributed by atoms with van der Waals surface area (Å²) in [5.74, 6) is 0.684. The molecule has 24 heavy (non-hydrogen) atoms. The summed E-state index contributed by atoms with van der Waals surface area (Å²) in [5.41, 5.74) is 3.15. The Morgan fingerprint density at radius 3 is 2.75 bits per heavy atom. The van der Waals surface area contributed by atoms with Crippen LogP contribution in [0.15, 0.2) is 52.2 Å². The number of furan rings is 1.